The molecule has 0 radical (unpaired) electrons. The molecule has 0 spiro atoms. The van der Waals surface area contributed by atoms with Crippen LogP contribution in [-0.2, 0) is 19.5 Å². The Bertz CT molecular complexity index is 796. The van der Waals surface area contributed by atoms with Crippen molar-refractivity contribution < 1.29 is 18.0 Å². The number of oxime groups is 1. The lowest BCUT2D eigenvalue weighted by Gasteiger charge is -2.25. The van der Waals surface area contributed by atoms with Gasteiger partial charge in [-0.15, -0.1) is 6.42 Å². The third kappa shape index (κ3) is 3.44. The summed E-state index contributed by atoms with van der Waals surface area (Å²) in [5.41, 5.74) is 1.22. The minimum absolute atomic E-state index is 0.0450. The Balaban J connectivity index is 1.71. The number of hydrogen-bond acceptors (Lipinski definition) is 5. The van der Waals surface area contributed by atoms with Crippen LogP contribution < -0.4 is 0 Å². The molecule has 1 aromatic rings. The molecule has 0 aliphatic carbocycles. The van der Waals surface area contributed by atoms with Gasteiger partial charge in [0.15, 0.2) is 15.9 Å². The number of carbonyl (C=O) groups excluding carboxylic acids is 1. The summed E-state index contributed by atoms with van der Waals surface area (Å²) in [6.07, 6.45) is 5.81. The van der Waals surface area contributed by atoms with E-state index in [9.17, 15) is 13.2 Å². The Hall–Kier alpha value is -2.33. The summed E-state index contributed by atoms with van der Waals surface area (Å²) in [4.78, 5) is 19.5. The fourth-order valence-electron chi connectivity index (χ4n) is 3.00. The molecule has 0 saturated carbocycles. The highest BCUT2D eigenvalue weighted by Crippen LogP contribution is 2.28. The van der Waals surface area contributed by atoms with Crippen molar-refractivity contribution in [1.29, 1.82) is 0 Å². The first-order chi connectivity index (χ1) is 11.5. The van der Waals surface area contributed by atoms with Crippen LogP contribution in [0, 0.1) is 12.3 Å². The SMILES string of the molecule is C#CCN(C(=O)C1=NO[C@@H](c2ccccc2)C1)[C@H]1CCS(=O)(=O)C1. The summed E-state index contributed by atoms with van der Waals surface area (Å²) in [6, 6.07) is 9.13. The minimum Gasteiger partial charge on any atom is -0.387 e. The van der Waals surface area contributed by atoms with Crippen LogP contribution >= 0.6 is 0 Å². The van der Waals surface area contributed by atoms with E-state index in [2.05, 4.69) is 11.1 Å². The second kappa shape index (κ2) is 6.65. The summed E-state index contributed by atoms with van der Waals surface area (Å²) < 4.78 is 23.4. The maximum Gasteiger partial charge on any atom is 0.272 e. The van der Waals surface area contributed by atoms with Gasteiger partial charge in [0.25, 0.3) is 5.91 Å². The molecule has 1 amide bonds. The lowest BCUT2D eigenvalue weighted by Crippen LogP contribution is -2.44. The molecule has 2 atom stereocenters. The van der Waals surface area contributed by atoms with Crippen LogP contribution in [0.5, 0.6) is 0 Å². The van der Waals surface area contributed by atoms with Gasteiger partial charge in [0.1, 0.15) is 5.71 Å². The zero-order valence-corrected chi connectivity index (χ0v) is 13.9. The van der Waals surface area contributed by atoms with E-state index in [1.807, 2.05) is 30.3 Å². The Morgan fingerprint density at radius 1 is 1.38 bits per heavy atom. The van der Waals surface area contributed by atoms with E-state index in [-0.39, 0.29) is 35.8 Å². The van der Waals surface area contributed by atoms with Crippen molar-refractivity contribution in [2.24, 2.45) is 5.16 Å². The van der Waals surface area contributed by atoms with Gasteiger partial charge in [0.05, 0.1) is 18.1 Å². The quantitative estimate of drug-likeness (QED) is 0.767. The highest BCUT2D eigenvalue weighted by atomic mass is 32.2. The monoisotopic (exact) mass is 346 g/mol. The van der Waals surface area contributed by atoms with Gasteiger partial charge in [-0.25, -0.2) is 8.42 Å². The number of hydrogen-bond donors (Lipinski definition) is 0. The Morgan fingerprint density at radius 3 is 2.75 bits per heavy atom. The van der Waals surface area contributed by atoms with Gasteiger partial charge < -0.3 is 9.74 Å². The van der Waals surface area contributed by atoms with E-state index in [1.165, 1.54) is 4.90 Å². The third-order valence-electron chi connectivity index (χ3n) is 4.26. The Morgan fingerprint density at radius 2 is 2.12 bits per heavy atom. The first-order valence-electron chi connectivity index (χ1n) is 7.72. The average molecular weight is 346 g/mol. The Labute approximate surface area is 141 Å². The maximum absolute atomic E-state index is 12.7. The summed E-state index contributed by atoms with van der Waals surface area (Å²) in [5.74, 6) is 2.13. The molecule has 1 saturated heterocycles. The standard InChI is InChI=1S/C17H18N2O4S/c1-2-9-19(14-8-10-24(21,22)12-14)17(20)15-11-16(23-18-15)13-6-4-3-5-7-13/h1,3-7,14,16H,8-12H2/t14-,16+/m0/s1. The number of nitrogens with zero attached hydrogens (tertiary/aromatic N) is 2. The van der Waals surface area contributed by atoms with Crippen LogP contribution in [0.2, 0.25) is 0 Å². The van der Waals surface area contributed by atoms with Gasteiger partial charge >= 0.3 is 0 Å². The third-order valence-corrected chi connectivity index (χ3v) is 6.01. The van der Waals surface area contributed by atoms with Crippen molar-refractivity contribution in [3.05, 3.63) is 35.9 Å². The zero-order valence-electron chi connectivity index (χ0n) is 13.1. The lowest BCUT2D eigenvalue weighted by molar-refractivity contribution is -0.125. The highest BCUT2D eigenvalue weighted by molar-refractivity contribution is 7.91. The molecule has 126 valence electrons. The molecular formula is C17H18N2O4S. The number of sulfone groups is 1. The van der Waals surface area contributed by atoms with E-state index in [4.69, 9.17) is 11.3 Å². The van der Waals surface area contributed by atoms with Crippen molar-refractivity contribution in [3.8, 4) is 12.3 Å². The van der Waals surface area contributed by atoms with Crippen LogP contribution in [-0.4, -0.2) is 49.0 Å². The molecule has 1 fully saturated rings. The van der Waals surface area contributed by atoms with E-state index in [0.717, 1.165) is 5.56 Å². The van der Waals surface area contributed by atoms with Crippen LogP contribution in [0.4, 0.5) is 0 Å². The van der Waals surface area contributed by atoms with Crippen LogP contribution in [0.15, 0.2) is 35.5 Å². The fraction of sp³-hybridized carbons (Fsp3) is 0.412. The van der Waals surface area contributed by atoms with Crippen molar-refractivity contribution in [2.45, 2.75) is 25.0 Å². The molecule has 0 unspecified atom stereocenters. The zero-order chi connectivity index (χ0) is 17.2. The number of terminal acetylenes is 1. The summed E-state index contributed by atoms with van der Waals surface area (Å²) >= 11 is 0. The van der Waals surface area contributed by atoms with E-state index in [1.54, 1.807) is 0 Å². The van der Waals surface area contributed by atoms with E-state index in [0.29, 0.717) is 12.8 Å². The minimum atomic E-state index is -3.10. The molecule has 0 bridgehead atoms. The molecule has 24 heavy (non-hydrogen) atoms. The molecule has 2 aliphatic heterocycles. The maximum atomic E-state index is 12.7. The van der Waals surface area contributed by atoms with Crippen LogP contribution in [0.3, 0.4) is 0 Å². The predicted octanol–water partition coefficient (Wildman–Crippen LogP) is 1.15. The second-order valence-electron chi connectivity index (χ2n) is 5.94. The lowest BCUT2D eigenvalue weighted by atomic mass is 10.0. The van der Waals surface area contributed by atoms with Crippen molar-refractivity contribution in [3.63, 3.8) is 0 Å². The van der Waals surface area contributed by atoms with Gasteiger partial charge in [-0.2, -0.15) is 0 Å². The second-order valence-corrected chi connectivity index (χ2v) is 8.17. The molecule has 3 rings (SSSR count). The fourth-order valence-corrected chi connectivity index (χ4v) is 4.73. The first kappa shape index (κ1) is 16.5. The summed E-state index contributed by atoms with van der Waals surface area (Å²) in [6.45, 7) is 0.0635. The smallest absolute Gasteiger partial charge is 0.272 e. The van der Waals surface area contributed by atoms with Gasteiger partial charge in [-0.3, -0.25) is 4.79 Å². The number of carbonyl (C=O) groups is 1. The van der Waals surface area contributed by atoms with Gasteiger partial charge in [-0.1, -0.05) is 41.4 Å². The molecule has 7 heteroatoms. The molecule has 0 N–H and O–H groups in total. The number of rotatable bonds is 4. The van der Waals surface area contributed by atoms with Crippen LogP contribution in [0.25, 0.3) is 0 Å². The largest absolute Gasteiger partial charge is 0.387 e. The van der Waals surface area contributed by atoms with Crippen molar-refractivity contribution in [1.82, 2.24) is 4.90 Å². The highest BCUT2D eigenvalue weighted by Gasteiger charge is 2.37. The molecule has 2 heterocycles. The summed E-state index contributed by atoms with van der Waals surface area (Å²) in [5, 5.41) is 3.91. The number of amides is 1. The van der Waals surface area contributed by atoms with Gasteiger partial charge in [0, 0.05) is 12.5 Å². The molecule has 1 aromatic carbocycles. The van der Waals surface area contributed by atoms with Crippen molar-refractivity contribution in [2.75, 3.05) is 18.1 Å². The summed E-state index contributed by atoms with van der Waals surface area (Å²) in [7, 11) is -3.10. The molecule has 6 nitrogen and oxygen atoms in total. The number of benzene rings is 1. The van der Waals surface area contributed by atoms with E-state index < -0.39 is 15.9 Å². The molecule has 2 aliphatic rings. The Kier molecular flexibility index (Phi) is 4.58. The molecular weight excluding hydrogens is 328 g/mol. The topological polar surface area (TPSA) is 76.0 Å². The van der Waals surface area contributed by atoms with Gasteiger partial charge in [-0.05, 0) is 12.0 Å². The van der Waals surface area contributed by atoms with Crippen molar-refractivity contribution >= 4 is 21.5 Å². The average Bonchev–Trinajstić information content (AvgIpc) is 3.19. The van der Waals surface area contributed by atoms with E-state index >= 15 is 0 Å². The van der Waals surface area contributed by atoms with Gasteiger partial charge in [0.2, 0.25) is 0 Å². The van der Waals surface area contributed by atoms with Crippen LogP contribution in [0.1, 0.15) is 24.5 Å². The predicted molar refractivity (Wildman–Crippen MR) is 89.9 cm³/mol. The first-order valence-corrected chi connectivity index (χ1v) is 9.55. The molecule has 0 aromatic heterocycles. The normalized spacial score (nSPS) is 24.7.